The number of ether oxygens (including phenoxy) is 1. The van der Waals surface area contributed by atoms with Gasteiger partial charge in [0.05, 0.1) is 0 Å². The van der Waals surface area contributed by atoms with E-state index in [4.69, 9.17) is 0 Å². The molecule has 0 atom stereocenters. The van der Waals surface area contributed by atoms with Crippen LogP contribution in [0.4, 0.5) is 0 Å². The number of carbonyl (C=O) groups excluding carboxylic acids is 3. The second-order valence-electron chi connectivity index (χ2n) is 2.55. The Morgan fingerprint density at radius 2 is 1.92 bits per heavy atom. The zero-order valence-corrected chi connectivity index (χ0v) is 7.54. The summed E-state index contributed by atoms with van der Waals surface area (Å²) in [7, 11) is 0. The lowest BCUT2D eigenvalue weighted by Gasteiger charge is -1.99. The molecular weight excluding hydrogens is 172 g/mol. The highest BCUT2D eigenvalue weighted by molar-refractivity contribution is 5.88. The number of rotatable bonds is 6. The van der Waals surface area contributed by atoms with Gasteiger partial charge in [-0.3, -0.25) is 4.79 Å². The molecule has 0 aliphatic carbocycles. The average molecular weight is 184 g/mol. The maximum absolute atomic E-state index is 10.9. The molecule has 0 aliphatic rings. The van der Waals surface area contributed by atoms with Crippen molar-refractivity contribution >= 4 is 17.5 Å². The topological polar surface area (TPSA) is 60.4 Å². The van der Waals surface area contributed by atoms with Gasteiger partial charge in [-0.25, -0.2) is 4.79 Å². The molecule has 0 saturated heterocycles. The summed E-state index contributed by atoms with van der Waals surface area (Å²) in [4.78, 5) is 31.9. The molecule has 0 spiro atoms. The lowest BCUT2D eigenvalue weighted by molar-refractivity contribution is -0.143. The fourth-order valence-corrected chi connectivity index (χ4v) is 0.598. The minimum absolute atomic E-state index is 0.0524. The van der Waals surface area contributed by atoms with Crippen LogP contribution in [0.1, 0.15) is 19.8 Å². The highest BCUT2D eigenvalue weighted by Crippen LogP contribution is 1.93. The second kappa shape index (κ2) is 6.11. The number of ketones is 2. The van der Waals surface area contributed by atoms with Crippen molar-refractivity contribution in [2.24, 2.45) is 0 Å². The van der Waals surface area contributed by atoms with Gasteiger partial charge in [-0.1, -0.05) is 6.58 Å². The summed E-state index contributed by atoms with van der Waals surface area (Å²) in [6, 6.07) is 0. The molecule has 0 radical (unpaired) electrons. The Balaban J connectivity index is 3.57. The Kier molecular flexibility index (Phi) is 5.43. The Morgan fingerprint density at radius 1 is 1.31 bits per heavy atom. The monoisotopic (exact) mass is 184 g/mol. The first-order valence-electron chi connectivity index (χ1n) is 3.86. The molecule has 0 aromatic rings. The zero-order valence-electron chi connectivity index (χ0n) is 7.54. The van der Waals surface area contributed by atoms with Crippen molar-refractivity contribution in [3.8, 4) is 0 Å². The summed E-state index contributed by atoms with van der Waals surface area (Å²) >= 11 is 0. The third-order valence-corrected chi connectivity index (χ3v) is 1.30. The summed E-state index contributed by atoms with van der Waals surface area (Å²) in [5.74, 6) is -0.940. The van der Waals surface area contributed by atoms with E-state index in [1.807, 2.05) is 0 Å². The van der Waals surface area contributed by atoms with Crippen LogP contribution in [0.5, 0.6) is 0 Å². The van der Waals surface area contributed by atoms with Gasteiger partial charge in [0, 0.05) is 18.9 Å². The largest absolute Gasteiger partial charge is 0.455 e. The summed E-state index contributed by atoms with van der Waals surface area (Å²) in [6.45, 7) is 4.30. The first-order valence-corrected chi connectivity index (χ1v) is 3.86. The fraction of sp³-hybridized carbons (Fsp3) is 0.444. The third kappa shape index (κ3) is 6.93. The molecule has 0 unspecified atom stereocenters. The van der Waals surface area contributed by atoms with Crippen molar-refractivity contribution in [1.82, 2.24) is 0 Å². The Labute approximate surface area is 76.6 Å². The molecule has 0 aliphatic heterocycles. The molecular formula is C9H12O4. The predicted molar refractivity (Wildman–Crippen MR) is 46.1 cm³/mol. The van der Waals surface area contributed by atoms with Crippen molar-refractivity contribution in [3.63, 3.8) is 0 Å². The molecule has 0 fully saturated rings. The normalized spacial score (nSPS) is 9.00. The van der Waals surface area contributed by atoms with Gasteiger partial charge in [0.1, 0.15) is 12.4 Å². The van der Waals surface area contributed by atoms with Crippen LogP contribution in [-0.4, -0.2) is 24.1 Å². The van der Waals surface area contributed by atoms with Crippen LogP contribution in [0.3, 0.4) is 0 Å². The summed E-state index contributed by atoms with van der Waals surface area (Å²) < 4.78 is 4.47. The molecule has 0 amide bonds. The molecule has 13 heavy (non-hydrogen) atoms. The van der Waals surface area contributed by atoms with Crippen molar-refractivity contribution in [1.29, 1.82) is 0 Å². The van der Waals surface area contributed by atoms with Crippen molar-refractivity contribution in [3.05, 3.63) is 12.7 Å². The highest BCUT2D eigenvalue weighted by atomic mass is 16.5. The number of esters is 1. The fourth-order valence-electron chi connectivity index (χ4n) is 0.598. The van der Waals surface area contributed by atoms with E-state index in [0.717, 1.165) is 6.08 Å². The molecule has 0 rings (SSSR count). The summed E-state index contributed by atoms with van der Waals surface area (Å²) in [5, 5.41) is 0. The molecule has 0 bridgehead atoms. The maximum Gasteiger partial charge on any atom is 0.330 e. The van der Waals surface area contributed by atoms with Crippen LogP contribution >= 0.6 is 0 Å². The number of Topliss-reactive ketones (excluding diaryl/α,β-unsaturated/α-hetero) is 2. The van der Waals surface area contributed by atoms with E-state index >= 15 is 0 Å². The van der Waals surface area contributed by atoms with E-state index in [-0.39, 0.29) is 31.0 Å². The van der Waals surface area contributed by atoms with Crippen LogP contribution in [0.25, 0.3) is 0 Å². The minimum atomic E-state index is -0.629. The van der Waals surface area contributed by atoms with Crippen molar-refractivity contribution in [2.75, 3.05) is 6.61 Å². The molecule has 4 nitrogen and oxygen atoms in total. The van der Waals surface area contributed by atoms with E-state index in [1.165, 1.54) is 6.92 Å². The Hall–Kier alpha value is -1.45. The van der Waals surface area contributed by atoms with E-state index in [9.17, 15) is 14.4 Å². The quantitative estimate of drug-likeness (QED) is 0.449. The van der Waals surface area contributed by atoms with Crippen LogP contribution in [0, 0.1) is 0 Å². The summed E-state index contributed by atoms with van der Waals surface area (Å²) in [6.07, 6.45) is 1.31. The van der Waals surface area contributed by atoms with Gasteiger partial charge >= 0.3 is 5.97 Å². The van der Waals surface area contributed by atoms with Crippen LogP contribution < -0.4 is 0 Å². The minimum Gasteiger partial charge on any atom is -0.455 e. The lowest BCUT2D eigenvalue weighted by atomic mass is 10.2. The molecule has 4 heteroatoms. The number of hydrogen-bond acceptors (Lipinski definition) is 4. The van der Waals surface area contributed by atoms with E-state index < -0.39 is 5.97 Å². The van der Waals surface area contributed by atoms with E-state index in [1.54, 1.807) is 0 Å². The number of carbonyl (C=O) groups is 3. The highest BCUT2D eigenvalue weighted by Gasteiger charge is 2.05. The van der Waals surface area contributed by atoms with E-state index in [0.29, 0.717) is 0 Å². The first kappa shape index (κ1) is 11.6. The SMILES string of the molecule is C=CC(=O)OCC(=O)CCC(C)=O. The smallest absolute Gasteiger partial charge is 0.330 e. The Bertz CT molecular complexity index is 230. The van der Waals surface area contributed by atoms with Crippen LogP contribution in [0.15, 0.2) is 12.7 Å². The second-order valence-corrected chi connectivity index (χ2v) is 2.55. The predicted octanol–water partition coefficient (Wildman–Crippen LogP) is 0.654. The van der Waals surface area contributed by atoms with Crippen molar-refractivity contribution in [2.45, 2.75) is 19.8 Å². The molecule has 0 heterocycles. The van der Waals surface area contributed by atoms with Gasteiger partial charge in [0.15, 0.2) is 5.78 Å². The third-order valence-electron chi connectivity index (χ3n) is 1.30. The molecule has 0 aromatic carbocycles. The molecule has 0 saturated carbocycles. The average Bonchev–Trinajstić information content (AvgIpc) is 2.10. The van der Waals surface area contributed by atoms with Crippen LogP contribution in [0.2, 0.25) is 0 Å². The molecule has 72 valence electrons. The molecule has 0 aromatic heterocycles. The van der Waals surface area contributed by atoms with Gasteiger partial charge in [-0.15, -0.1) is 0 Å². The van der Waals surface area contributed by atoms with Crippen molar-refractivity contribution < 1.29 is 19.1 Å². The van der Waals surface area contributed by atoms with Gasteiger partial charge in [-0.05, 0) is 6.92 Å². The maximum atomic E-state index is 10.9. The Morgan fingerprint density at radius 3 is 2.38 bits per heavy atom. The zero-order chi connectivity index (χ0) is 10.3. The first-order chi connectivity index (χ1) is 6.06. The lowest BCUT2D eigenvalue weighted by Crippen LogP contribution is -2.12. The van der Waals surface area contributed by atoms with E-state index in [2.05, 4.69) is 11.3 Å². The standard InChI is InChI=1S/C9H12O4/c1-3-9(12)13-6-8(11)5-4-7(2)10/h3H,1,4-6H2,2H3. The van der Waals surface area contributed by atoms with Crippen LogP contribution in [-0.2, 0) is 19.1 Å². The summed E-state index contributed by atoms with van der Waals surface area (Å²) in [5.41, 5.74) is 0. The van der Waals surface area contributed by atoms with Gasteiger partial charge in [0.2, 0.25) is 0 Å². The van der Waals surface area contributed by atoms with Gasteiger partial charge in [-0.2, -0.15) is 0 Å². The number of hydrogen-bond donors (Lipinski definition) is 0. The van der Waals surface area contributed by atoms with Gasteiger partial charge < -0.3 is 9.53 Å². The van der Waals surface area contributed by atoms with Gasteiger partial charge in [0.25, 0.3) is 0 Å². The molecule has 0 N–H and O–H groups in total.